The summed E-state index contributed by atoms with van der Waals surface area (Å²) >= 11 is 0. The molecular weight excluding hydrogens is 684 g/mol. The largest absolute Gasteiger partial charge is 0.481 e. The minimum absolute atomic E-state index is 0.00854. The van der Waals surface area contributed by atoms with Crippen LogP contribution in [-0.2, 0) is 23.7 Å². The van der Waals surface area contributed by atoms with Crippen LogP contribution in [0.15, 0.2) is 11.6 Å². The Morgan fingerprint density at radius 3 is 2.13 bits per heavy atom. The van der Waals surface area contributed by atoms with Gasteiger partial charge >= 0.3 is 5.97 Å². The monoisotopic (exact) mass is 750 g/mol. The Labute approximate surface area is 314 Å². The highest BCUT2D eigenvalue weighted by Crippen LogP contribution is 2.76. The molecule has 53 heavy (non-hydrogen) atoms. The summed E-state index contributed by atoms with van der Waals surface area (Å²) in [6, 6.07) is 0. The molecule has 0 spiro atoms. The van der Waals surface area contributed by atoms with Crippen LogP contribution in [0.2, 0.25) is 0 Å². The predicted molar refractivity (Wildman–Crippen MR) is 192 cm³/mol. The summed E-state index contributed by atoms with van der Waals surface area (Å²) in [6.07, 6.45) is -1.71. The number of carboxylic acids is 1. The Kier molecular flexibility index (Phi) is 10.2. The first-order chi connectivity index (χ1) is 24.7. The maximum absolute atomic E-state index is 13.0. The summed E-state index contributed by atoms with van der Waals surface area (Å²) in [4.78, 5) is 13.0. The number of aliphatic carboxylic acids is 1. The smallest absolute Gasteiger partial charge is 0.313 e. The van der Waals surface area contributed by atoms with Crippen LogP contribution in [0.4, 0.5) is 0 Å². The van der Waals surface area contributed by atoms with E-state index in [0.717, 1.165) is 57.8 Å². The van der Waals surface area contributed by atoms with E-state index in [2.05, 4.69) is 54.5 Å². The van der Waals surface area contributed by atoms with Crippen LogP contribution in [0.3, 0.4) is 0 Å². The Hall–Kier alpha value is -1.19. The van der Waals surface area contributed by atoms with Gasteiger partial charge in [-0.2, -0.15) is 0 Å². The fourth-order valence-corrected chi connectivity index (χ4v) is 13.5. The lowest BCUT2D eigenvalue weighted by atomic mass is 9.32. The van der Waals surface area contributed by atoms with E-state index in [1.54, 1.807) is 0 Å². The van der Waals surface area contributed by atoms with Crippen LogP contribution in [0.5, 0.6) is 0 Å². The van der Waals surface area contributed by atoms with Gasteiger partial charge in [0.05, 0.1) is 24.7 Å². The van der Waals surface area contributed by atoms with Gasteiger partial charge in [0.25, 0.3) is 0 Å². The zero-order valence-corrected chi connectivity index (χ0v) is 32.7. The fraction of sp³-hybridized carbons (Fsp3) is 0.927. The number of aliphatic hydroxyl groups is 6. The quantitative estimate of drug-likeness (QED) is 0.155. The third-order valence-corrected chi connectivity index (χ3v) is 16.8. The molecule has 0 aromatic rings. The Morgan fingerprint density at radius 2 is 1.45 bits per heavy atom. The highest BCUT2D eigenvalue weighted by molar-refractivity contribution is 5.80. The van der Waals surface area contributed by atoms with Crippen molar-refractivity contribution in [2.75, 3.05) is 13.2 Å². The lowest BCUT2D eigenvalue weighted by Gasteiger charge is -2.72. The van der Waals surface area contributed by atoms with Gasteiger partial charge in [-0.3, -0.25) is 4.79 Å². The molecule has 0 aromatic carbocycles. The van der Waals surface area contributed by atoms with Crippen molar-refractivity contribution in [1.82, 2.24) is 0 Å². The minimum Gasteiger partial charge on any atom is -0.481 e. The second-order valence-electron chi connectivity index (χ2n) is 20.1. The number of allylic oxidation sites excluding steroid dienone is 1. The van der Waals surface area contributed by atoms with Gasteiger partial charge in [0, 0.05) is 0 Å². The third kappa shape index (κ3) is 5.94. The molecule has 12 nitrogen and oxygen atoms in total. The lowest BCUT2D eigenvalue weighted by Crippen LogP contribution is -2.67. The number of hydrogen-bond donors (Lipinski definition) is 7. The normalized spacial score (nSPS) is 53.3. The van der Waals surface area contributed by atoms with Gasteiger partial charge in [0.1, 0.15) is 42.7 Å². The second kappa shape index (κ2) is 13.5. The van der Waals surface area contributed by atoms with Crippen molar-refractivity contribution < 1.29 is 59.5 Å². The number of carboxylic acid groups (broad SMARTS) is 1. The second-order valence-corrected chi connectivity index (χ2v) is 20.1. The molecule has 17 unspecified atom stereocenters. The minimum atomic E-state index is -1.69. The van der Waals surface area contributed by atoms with E-state index >= 15 is 0 Å². The Bertz CT molecular complexity index is 1430. The number of rotatable bonds is 6. The Morgan fingerprint density at radius 1 is 0.755 bits per heavy atom. The van der Waals surface area contributed by atoms with Gasteiger partial charge in [0.2, 0.25) is 0 Å². The molecule has 0 radical (unpaired) electrons. The van der Waals surface area contributed by atoms with E-state index in [9.17, 15) is 40.5 Å². The molecule has 302 valence electrons. The Balaban J connectivity index is 1.12. The summed E-state index contributed by atoms with van der Waals surface area (Å²) in [7, 11) is 0. The molecule has 12 heteroatoms. The number of fused-ring (bicyclic) bond motifs is 7. The average Bonchev–Trinajstić information content (AvgIpc) is 3.08. The molecule has 0 aromatic heterocycles. The summed E-state index contributed by atoms with van der Waals surface area (Å²) in [6.45, 7) is 15.7. The molecule has 7 N–H and O–H groups in total. The van der Waals surface area contributed by atoms with Crippen LogP contribution >= 0.6 is 0 Å². The number of hydrogen-bond acceptors (Lipinski definition) is 11. The van der Waals surface area contributed by atoms with Gasteiger partial charge < -0.3 is 54.7 Å². The fourth-order valence-electron chi connectivity index (χ4n) is 13.5. The molecule has 17 atom stereocenters. The molecule has 7 aliphatic rings. The van der Waals surface area contributed by atoms with Crippen LogP contribution < -0.4 is 0 Å². The highest BCUT2D eigenvalue weighted by atomic mass is 16.8. The van der Waals surface area contributed by atoms with Crippen molar-refractivity contribution in [2.24, 2.45) is 50.2 Å². The third-order valence-electron chi connectivity index (χ3n) is 16.8. The first-order valence-corrected chi connectivity index (χ1v) is 20.2. The molecule has 4 saturated carbocycles. The van der Waals surface area contributed by atoms with Crippen molar-refractivity contribution in [3.05, 3.63) is 11.6 Å². The van der Waals surface area contributed by atoms with Crippen molar-refractivity contribution in [2.45, 2.75) is 174 Å². The summed E-state index contributed by atoms with van der Waals surface area (Å²) < 4.78 is 24.3. The topological polar surface area (TPSA) is 196 Å². The van der Waals surface area contributed by atoms with Crippen molar-refractivity contribution in [3.8, 4) is 0 Å². The van der Waals surface area contributed by atoms with Crippen LogP contribution in [0.25, 0.3) is 0 Å². The molecule has 0 bridgehead atoms. The van der Waals surface area contributed by atoms with Crippen LogP contribution in [0, 0.1) is 50.2 Å². The van der Waals surface area contributed by atoms with Crippen LogP contribution in [0.1, 0.15) is 113 Å². The molecule has 6 fully saturated rings. The zero-order valence-electron chi connectivity index (χ0n) is 32.7. The first-order valence-electron chi connectivity index (χ1n) is 20.2. The molecular formula is C41H66O12. The number of aliphatic hydroxyl groups excluding tert-OH is 6. The summed E-state index contributed by atoms with van der Waals surface area (Å²) in [5, 5.41) is 73.3. The number of carbonyl (C=O) groups is 1. The highest BCUT2D eigenvalue weighted by Gasteiger charge is 2.70. The standard InChI is InChI=1S/C41H66O12/c1-36(2)14-16-41(35(48)49)17-15-39(6)21(22(41)18-36)8-9-26-38(5)12-11-27(37(3,4)25(38)10-13-40(26,39)7)52-34-32(28(44)23(43)20-50-34)53-33-31(47)30(46)29(45)24(19-42)51-33/h18,21,23-34,42-47H,8-17,19-20H2,1-7H3,(H,48,49). The first kappa shape index (κ1) is 40.0. The molecule has 7 rings (SSSR count). The molecule has 2 saturated heterocycles. The average molecular weight is 751 g/mol. The molecule has 2 aliphatic heterocycles. The number of ether oxygens (including phenoxy) is 4. The van der Waals surface area contributed by atoms with Crippen molar-refractivity contribution in [3.63, 3.8) is 0 Å². The van der Waals surface area contributed by atoms with Gasteiger partial charge in [-0.15, -0.1) is 0 Å². The van der Waals surface area contributed by atoms with E-state index in [4.69, 9.17) is 18.9 Å². The van der Waals surface area contributed by atoms with Crippen molar-refractivity contribution >= 4 is 5.97 Å². The summed E-state index contributed by atoms with van der Waals surface area (Å²) in [5.74, 6) is 0.376. The SMILES string of the molecule is CC1(C)C=C2C3CCC4C5(C)CCC(OC6OCC(O)C(O)C6OC6OC(CO)C(O)C(O)C6O)C(C)(C)C5CCC4(C)C3(C)CCC2(C(=O)O)CC1. The molecule has 0 amide bonds. The van der Waals surface area contributed by atoms with Gasteiger partial charge in [-0.05, 0) is 109 Å². The van der Waals surface area contributed by atoms with Gasteiger partial charge in [0.15, 0.2) is 12.6 Å². The molecule has 5 aliphatic carbocycles. The van der Waals surface area contributed by atoms with E-state index in [1.807, 2.05) is 0 Å². The maximum atomic E-state index is 13.0. The van der Waals surface area contributed by atoms with Gasteiger partial charge in [-0.25, -0.2) is 0 Å². The predicted octanol–water partition coefficient (Wildman–Crippen LogP) is 3.52. The molecule has 2 heterocycles. The lowest BCUT2D eigenvalue weighted by molar-refractivity contribution is -0.367. The van der Waals surface area contributed by atoms with Gasteiger partial charge in [-0.1, -0.05) is 60.1 Å². The van der Waals surface area contributed by atoms with E-state index in [1.165, 1.54) is 5.57 Å². The summed E-state index contributed by atoms with van der Waals surface area (Å²) in [5.41, 5.74) is 0.185. The van der Waals surface area contributed by atoms with Crippen LogP contribution in [-0.4, -0.2) is 116 Å². The van der Waals surface area contributed by atoms with E-state index < -0.39 is 73.3 Å². The van der Waals surface area contributed by atoms with E-state index in [0.29, 0.717) is 18.3 Å². The van der Waals surface area contributed by atoms with E-state index in [-0.39, 0.29) is 45.7 Å². The zero-order chi connectivity index (χ0) is 38.7. The van der Waals surface area contributed by atoms with Crippen molar-refractivity contribution in [1.29, 1.82) is 0 Å². The maximum Gasteiger partial charge on any atom is 0.313 e.